The number of carbonyl (C=O) groups excluding carboxylic acids is 1. The molecular weight excluding hydrogens is 390 g/mol. The van der Waals surface area contributed by atoms with E-state index < -0.39 is 10.0 Å². The molecule has 2 aromatic rings. The van der Waals surface area contributed by atoms with E-state index in [-0.39, 0.29) is 17.3 Å². The van der Waals surface area contributed by atoms with Gasteiger partial charge in [0, 0.05) is 19.7 Å². The molecule has 0 aliphatic rings. The smallest absolute Gasteiger partial charge is 0.279 e. The largest absolute Gasteiger partial charge is 0.495 e. The fourth-order valence-corrected chi connectivity index (χ4v) is 3.86. The molecule has 0 heterocycles. The molecule has 158 valence electrons. The average molecular weight is 421 g/mol. The number of methoxy groups -OCH3 is 1. The molecule has 2 N–H and O–H groups in total. The summed E-state index contributed by atoms with van der Waals surface area (Å²) in [6.07, 6.45) is 0.996. The number of aryl methyl sites for hydroxylation is 1. The number of rotatable bonds is 9. The zero-order valence-corrected chi connectivity index (χ0v) is 18.5. The number of ether oxygens (including phenoxy) is 1. The summed E-state index contributed by atoms with van der Waals surface area (Å²) < 4.78 is 31.1. The normalized spacial score (nSPS) is 12.6. The molecule has 0 aliphatic carbocycles. The number of benzene rings is 2. The summed E-state index contributed by atoms with van der Waals surface area (Å²) in [7, 11) is 2.73. The van der Waals surface area contributed by atoms with Crippen LogP contribution in [0.3, 0.4) is 0 Å². The van der Waals surface area contributed by atoms with E-state index in [2.05, 4.69) is 36.5 Å². The third-order valence-electron chi connectivity index (χ3n) is 4.62. The van der Waals surface area contributed by atoms with Crippen molar-refractivity contribution < 1.29 is 22.8 Å². The minimum absolute atomic E-state index is 0.0929. The van der Waals surface area contributed by atoms with Crippen molar-refractivity contribution in [2.24, 2.45) is 0 Å². The number of likely N-dealkylation sites (N-methyl/N-ethyl adjacent to an activating group) is 1. The van der Waals surface area contributed by atoms with Gasteiger partial charge in [0.25, 0.3) is 5.91 Å². The quantitative estimate of drug-likeness (QED) is 0.638. The maximum absolute atomic E-state index is 12.5. The molecule has 0 bridgehead atoms. The lowest BCUT2D eigenvalue weighted by molar-refractivity contribution is -0.885. The monoisotopic (exact) mass is 420 g/mol. The molecule has 0 saturated heterocycles. The van der Waals surface area contributed by atoms with Crippen molar-refractivity contribution in [3.63, 3.8) is 0 Å². The maximum Gasteiger partial charge on any atom is 0.279 e. The average Bonchev–Trinajstić information content (AvgIpc) is 2.68. The Kier molecular flexibility index (Phi) is 7.78. The number of anilines is 1. The third-order valence-corrected chi connectivity index (χ3v) is 6.43. The Balaban J connectivity index is 2.08. The molecule has 0 aromatic heterocycles. The molecule has 0 fully saturated rings. The van der Waals surface area contributed by atoms with E-state index in [1.165, 1.54) is 45.0 Å². The van der Waals surface area contributed by atoms with Crippen LogP contribution in [0.15, 0.2) is 47.4 Å². The van der Waals surface area contributed by atoms with Crippen LogP contribution in [0.25, 0.3) is 0 Å². The number of hydrogen-bond acceptors (Lipinski definition) is 4. The highest BCUT2D eigenvalue weighted by molar-refractivity contribution is 7.89. The van der Waals surface area contributed by atoms with Crippen LogP contribution in [0.2, 0.25) is 0 Å². The van der Waals surface area contributed by atoms with Crippen LogP contribution in [0, 0.1) is 0 Å². The van der Waals surface area contributed by atoms with Crippen LogP contribution in [-0.4, -0.2) is 53.4 Å². The van der Waals surface area contributed by atoms with Gasteiger partial charge in [0.05, 0.1) is 24.7 Å². The molecule has 7 nitrogen and oxygen atoms in total. The van der Waals surface area contributed by atoms with Gasteiger partial charge in [-0.2, -0.15) is 0 Å². The van der Waals surface area contributed by atoms with Gasteiger partial charge in [-0.05, 0) is 30.2 Å². The lowest BCUT2D eigenvalue weighted by Crippen LogP contribution is -3.08. The predicted molar refractivity (Wildman–Crippen MR) is 114 cm³/mol. The Morgan fingerprint density at radius 2 is 1.72 bits per heavy atom. The van der Waals surface area contributed by atoms with Crippen molar-refractivity contribution in [1.29, 1.82) is 0 Å². The van der Waals surface area contributed by atoms with Gasteiger partial charge in [-0.1, -0.05) is 31.2 Å². The van der Waals surface area contributed by atoms with Gasteiger partial charge >= 0.3 is 0 Å². The Bertz CT molecular complexity index is 941. The molecule has 0 radical (unpaired) electrons. The summed E-state index contributed by atoms with van der Waals surface area (Å²) in [6, 6.07) is 12.8. The van der Waals surface area contributed by atoms with E-state index in [1.807, 2.05) is 7.05 Å². The number of amides is 1. The summed E-state index contributed by atoms with van der Waals surface area (Å²) in [6.45, 7) is 3.07. The second kappa shape index (κ2) is 9.87. The zero-order chi connectivity index (χ0) is 21.6. The van der Waals surface area contributed by atoms with Gasteiger partial charge in [0.1, 0.15) is 12.3 Å². The molecule has 2 rings (SSSR count). The number of nitrogens with zero attached hydrogens (tertiary/aromatic N) is 1. The van der Waals surface area contributed by atoms with Gasteiger partial charge in [-0.3, -0.25) is 4.79 Å². The first-order chi connectivity index (χ1) is 13.7. The van der Waals surface area contributed by atoms with E-state index in [9.17, 15) is 13.2 Å². The number of quaternary nitrogens is 1. The lowest BCUT2D eigenvalue weighted by Gasteiger charge is -2.17. The van der Waals surface area contributed by atoms with Crippen molar-refractivity contribution in [3.8, 4) is 5.75 Å². The standard InChI is InChI=1S/C21H29N3O4S/c1-6-16-7-9-17(10-8-16)14-24(4)15-21(25)22-19-13-18(11-12-20(19)28-5)29(26,27)23(2)3/h7-13H,6,14-15H2,1-5H3,(H,22,25)/p+1. The fraction of sp³-hybridized carbons (Fsp3) is 0.381. The highest BCUT2D eigenvalue weighted by Crippen LogP contribution is 2.28. The number of sulfonamides is 1. The molecule has 29 heavy (non-hydrogen) atoms. The number of nitrogens with one attached hydrogen (secondary N) is 2. The summed E-state index contributed by atoms with van der Waals surface area (Å²) in [5.41, 5.74) is 2.77. The Labute approximate surface area is 173 Å². The lowest BCUT2D eigenvalue weighted by atomic mass is 10.1. The summed E-state index contributed by atoms with van der Waals surface area (Å²) >= 11 is 0. The highest BCUT2D eigenvalue weighted by Gasteiger charge is 2.20. The second-order valence-corrected chi connectivity index (χ2v) is 9.33. The van der Waals surface area contributed by atoms with Crippen LogP contribution < -0.4 is 15.0 Å². The van der Waals surface area contributed by atoms with Gasteiger partial charge in [-0.25, -0.2) is 12.7 Å². The van der Waals surface area contributed by atoms with Crippen LogP contribution in [0.4, 0.5) is 5.69 Å². The molecule has 0 saturated carbocycles. The van der Waals surface area contributed by atoms with Crippen molar-refractivity contribution in [1.82, 2.24) is 4.31 Å². The summed E-state index contributed by atoms with van der Waals surface area (Å²) in [4.78, 5) is 13.6. The molecule has 0 spiro atoms. The molecular formula is C21H30N3O4S+. The van der Waals surface area contributed by atoms with E-state index in [1.54, 1.807) is 0 Å². The highest BCUT2D eigenvalue weighted by atomic mass is 32.2. The Hall–Kier alpha value is -2.42. The van der Waals surface area contributed by atoms with Gasteiger partial charge in [-0.15, -0.1) is 0 Å². The van der Waals surface area contributed by atoms with E-state index >= 15 is 0 Å². The first-order valence-corrected chi connectivity index (χ1v) is 10.9. The molecule has 2 aromatic carbocycles. The minimum Gasteiger partial charge on any atom is -0.495 e. The zero-order valence-electron chi connectivity index (χ0n) is 17.7. The van der Waals surface area contributed by atoms with Crippen molar-refractivity contribution in [2.75, 3.05) is 40.1 Å². The van der Waals surface area contributed by atoms with E-state index in [0.717, 1.165) is 21.2 Å². The first kappa shape index (κ1) is 22.9. The Morgan fingerprint density at radius 1 is 1.10 bits per heavy atom. The maximum atomic E-state index is 12.5. The number of hydrogen-bond donors (Lipinski definition) is 2. The van der Waals surface area contributed by atoms with Gasteiger partial charge in [0.15, 0.2) is 6.54 Å². The third kappa shape index (κ3) is 6.03. The number of carbonyl (C=O) groups is 1. The molecule has 1 atom stereocenters. The van der Waals surface area contributed by atoms with Crippen LogP contribution >= 0.6 is 0 Å². The topological polar surface area (TPSA) is 80.2 Å². The van der Waals surface area contributed by atoms with Crippen LogP contribution in [-0.2, 0) is 27.8 Å². The first-order valence-electron chi connectivity index (χ1n) is 9.47. The molecule has 0 aliphatic heterocycles. The van der Waals surface area contributed by atoms with Crippen molar-refractivity contribution in [2.45, 2.75) is 24.8 Å². The SMILES string of the molecule is CCc1ccc(C[NH+](C)CC(=O)Nc2cc(S(=O)(=O)N(C)C)ccc2OC)cc1. The van der Waals surface area contributed by atoms with E-state index in [0.29, 0.717) is 18.0 Å². The van der Waals surface area contributed by atoms with Crippen molar-refractivity contribution in [3.05, 3.63) is 53.6 Å². The van der Waals surface area contributed by atoms with Gasteiger partial charge < -0.3 is 15.0 Å². The fourth-order valence-electron chi connectivity index (χ4n) is 2.93. The van der Waals surface area contributed by atoms with Crippen molar-refractivity contribution >= 4 is 21.6 Å². The van der Waals surface area contributed by atoms with Crippen LogP contribution in [0.5, 0.6) is 5.75 Å². The summed E-state index contributed by atoms with van der Waals surface area (Å²) in [5.74, 6) is 0.189. The van der Waals surface area contributed by atoms with Crippen LogP contribution in [0.1, 0.15) is 18.1 Å². The molecule has 1 amide bonds. The minimum atomic E-state index is -3.61. The Morgan fingerprint density at radius 3 is 2.28 bits per heavy atom. The van der Waals surface area contributed by atoms with Gasteiger partial charge in [0.2, 0.25) is 10.0 Å². The molecule has 8 heteroatoms. The predicted octanol–water partition coefficient (Wildman–Crippen LogP) is 1.16. The summed E-state index contributed by atoms with van der Waals surface area (Å²) in [5, 5.41) is 2.78. The second-order valence-electron chi connectivity index (χ2n) is 7.18. The van der Waals surface area contributed by atoms with E-state index in [4.69, 9.17) is 4.74 Å². The molecule has 1 unspecified atom stereocenters.